The maximum absolute atomic E-state index is 11.5. The zero-order chi connectivity index (χ0) is 14.8. The minimum atomic E-state index is -0.811. The van der Waals surface area contributed by atoms with E-state index in [1.54, 1.807) is 0 Å². The fraction of sp³-hybridized carbons (Fsp3) is 0.562. The van der Waals surface area contributed by atoms with Crippen molar-refractivity contribution < 1.29 is 15.0 Å². The molecule has 2 rings (SSSR count). The molecule has 0 aliphatic carbocycles. The van der Waals surface area contributed by atoms with Gasteiger partial charge < -0.3 is 10.2 Å². The molecule has 0 unspecified atom stereocenters. The fourth-order valence-electron chi connectivity index (χ4n) is 2.84. The Morgan fingerprint density at radius 2 is 1.90 bits per heavy atom. The van der Waals surface area contributed by atoms with Gasteiger partial charge in [-0.25, -0.2) is 0 Å². The van der Waals surface area contributed by atoms with Crippen LogP contribution in [0.4, 0.5) is 0 Å². The summed E-state index contributed by atoms with van der Waals surface area (Å²) in [6.45, 7) is 4.88. The van der Waals surface area contributed by atoms with Crippen LogP contribution in [0, 0.1) is 0 Å². The highest BCUT2D eigenvalue weighted by Gasteiger charge is 2.35. The van der Waals surface area contributed by atoms with Gasteiger partial charge in [-0.3, -0.25) is 9.69 Å². The van der Waals surface area contributed by atoms with Gasteiger partial charge in [0.15, 0.2) is 0 Å². The topological polar surface area (TPSA) is 60.8 Å². The first-order valence-electron chi connectivity index (χ1n) is 7.25. The van der Waals surface area contributed by atoms with Gasteiger partial charge in [-0.05, 0) is 30.4 Å². The van der Waals surface area contributed by atoms with Crippen LogP contribution >= 0.6 is 0 Å². The number of hydrogen-bond acceptors (Lipinski definition) is 3. The number of benzene rings is 1. The van der Waals surface area contributed by atoms with Crippen molar-refractivity contribution in [2.75, 3.05) is 6.54 Å². The lowest BCUT2D eigenvalue weighted by Crippen LogP contribution is -2.52. The normalized spacial score (nSPS) is 19.6. The molecule has 0 bridgehead atoms. The van der Waals surface area contributed by atoms with E-state index in [9.17, 15) is 15.0 Å². The van der Waals surface area contributed by atoms with Crippen molar-refractivity contribution in [3.63, 3.8) is 0 Å². The molecule has 1 atom stereocenters. The van der Waals surface area contributed by atoms with Gasteiger partial charge in [0.2, 0.25) is 0 Å². The Labute approximate surface area is 120 Å². The second kappa shape index (κ2) is 5.94. The maximum atomic E-state index is 11.5. The molecule has 2 N–H and O–H groups in total. The van der Waals surface area contributed by atoms with Crippen molar-refractivity contribution >= 4 is 5.97 Å². The van der Waals surface area contributed by atoms with Crippen LogP contribution in [0.1, 0.15) is 37.8 Å². The molecule has 1 aromatic carbocycles. The summed E-state index contributed by atoms with van der Waals surface area (Å²) in [6.07, 6.45) is 1.77. The third-order valence-corrected chi connectivity index (χ3v) is 4.44. The molecule has 0 saturated heterocycles. The zero-order valence-electron chi connectivity index (χ0n) is 12.2. The fourth-order valence-corrected chi connectivity index (χ4v) is 2.84. The molecule has 0 fully saturated rings. The van der Waals surface area contributed by atoms with E-state index >= 15 is 0 Å². The Bertz CT molecular complexity index is 482. The molecule has 0 saturated carbocycles. The van der Waals surface area contributed by atoms with Crippen LogP contribution in [-0.4, -0.2) is 39.3 Å². The molecule has 1 aromatic rings. The predicted molar refractivity (Wildman–Crippen MR) is 77.5 cm³/mol. The quantitative estimate of drug-likeness (QED) is 0.864. The highest BCUT2D eigenvalue weighted by atomic mass is 16.4. The van der Waals surface area contributed by atoms with E-state index in [-0.39, 0.29) is 0 Å². The summed E-state index contributed by atoms with van der Waals surface area (Å²) in [6, 6.07) is 7.41. The van der Waals surface area contributed by atoms with E-state index in [1.165, 1.54) is 5.56 Å². The number of nitrogens with zero attached hydrogens (tertiary/aromatic N) is 1. The van der Waals surface area contributed by atoms with Crippen molar-refractivity contribution in [3.05, 3.63) is 35.4 Å². The van der Waals surface area contributed by atoms with Gasteiger partial charge in [0.05, 0.1) is 5.60 Å². The zero-order valence-corrected chi connectivity index (χ0v) is 12.2. The number of fused-ring (bicyclic) bond motifs is 1. The Hall–Kier alpha value is -1.39. The molecule has 4 heteroatoms. The standard InChI is InChI=1S/C16H23NO3/c1-3-16(20,4-2)11-17-10-13-8-6-5-7-12(13)9-14(17)15(18)19/h5-8,14,20H,3-4,9-11H2,1-2H3,(H,18,19)/t14-/m0/s1. The molecule has 4 nitrogen and oxygen atoms in total. The molecule has 0 radical (unpaired) electrons. The number of β-amino-alcohol motifs (C(OH)–C–C–N with tert-alkyl or cyclic N) is 1. The molecule has 20 heavy (non-hydrogen) atoms. The third kappa shape index (κ3) is 3.02. The number of carboxylic acids is 1. The molecule has 0 aromatic heterocycles. The predicted octanol–water partition coefficient (Wildman–Crippen LogP) is 2.05. The molecule has 0 spiro atoms. The van der Waals surface area contributed by atoms with Gasteiger partial charge in [0.25, 0.3) is 0 Å². The average molecular weight is 277 g/mol. The Morgan fingerprint density at radius 1 is 1.30 bits per heavy atom. The smallest absolute Gasteiger partial charge is 0.321 e. The molecule has 1 heterocycles. The summed E-state index contributed by atoms with van der Waals surface area (Å²) in [5.41, 5.74) is 1.47. The maximum Gasteiger partial charge on any atom is 0.321 e. The van der Waals surface area contributed by atoms with Gasteiger partial charge in [0.1, 0.15) is 6.04 Å². The monoisotopic (exact) mass is 277 g/mol. The van der Waals surface area contributed by atoms with Crippen LogP contribution in [0.25, 0.3) is 0 Å². The van der Waals surface area contributed by atoms with E-state index in [2.05, 4.69) is 0 Å². The Kier molecular flexibility index (Phi) is 4.45. The van der Waals surface area contributed by atoms with Crippen LogP contribution in [0.5, 0.6) is 0 Å². The van der Waals surface area contributed by atoms with Gasteiger partial charge in [-0.1, -0.05) is 38.1 Å². The minimum absolute atomic E-state index is 0.408. The summed E-state index contributed by atoms with van der Waals surface area (Å²) in [5.74, 6) is -0.811. The van der Waals surface area contributed by atoms with Crippen molar-refractivity contribution in [1.29, 1.82) is 0 Å². The Balaban J connectivity index is 2.24. The number of carbonyl (C=O) groups is 1. The van der Waals surface area contributed by atoms with E-state index < -0.39 is 17.6 Å². The minimum Gasteiger partial charge on any atom is -0.480 e. The van der Waals surface area contributed by atoms with Crippen LogP contribution < -0.4 is 0 Å². The summed E-state index contributed by atoms with van der Waals surface area (Å²) in [4.78, 5) is 13.4. The summed E-state index contributed by atoms with van der Waals surface area (Å²) < 4.78 is 0. The number of hydrogen-bond donors (Lipinski definition) is 2. The molecule has 1 aliphatic heterocycles. The Morgan fingerprint density at radius 3 is 2.45 bits per heavy atom. The highest BCUT2D eigenvalue weighted by molar-refractivity contribution is 5.74. The lowest BCUT2D eigenvalue weighted by Gasteiger charge is -2.39. The van der Waals surface area contributed by atoms with Crippen LogP contribution in [0.3, 0.4) is 0 Å². The summed E-state index contributed by atoms with van der Waals surface area (Å²) in [5, 5.41) is 19.9. The number of aliphatic hydroxyl groups is 1. The highest BCUT2D eigenvalue weighted by Crippen LogP contribution is 2.27. The molecular formula is C16H23NO3. The second-order valence-corrected chi connectivity index (χ2v) is 5.66. The van der Waals surface area contributed by atoms with Gasteiger partial charge in [-0.2, -0.15) is 0 Å². The van der Waals surface area contributed by atoms with E-state index in [0.717, 1.165) is 5.56 Å². The average Bonchev–Trinajstić information content (AvgIpc) is 2.46. The molecule has 0 amide bonds. The van der Waals surface area contributed by atoms with Gasteiger partial charge >= 0.3 is 5.97 Å². The van der Waals surface area contributed by atoms with Crippen molar-refractivity contribution in [3.8, 4) is 0 Å². The first-order chi connectivity index (χ1) is 9.49. The van der Waals surface area contributed by atoms with Crippen molar-refractivity contribution in [2.45, 2.75) is 51.3 Å². The van der Waals surface area contributed by atoms with Crippen molar-refractivity contribution in [2.24, 2.45) is 0 Å². The van der Waals surface area contributed by atoms with Gasteiger partial charge in [0, 0.05) is 13.1 Å². The number of rotatable bonds is 5. The third-order valence-electron chi connectivity index (χ3n) is 4.44. The lowest BCUT2D eigenvalue weighted by atomic mass is 9.90. The van der Waals surface area contributed by atoms with Crippen LogP contribution in [0.15, 0.2) is 24.3 Å². The second-order valence-electron chi connectivity index (χ2n) is 5.66. The number of carboxylic acid groups (broad SMARTS) is 1. The van der Waals surface area contributed by atoms with Crippen LogP contribution in [-0.2, 0) is 17.8 Å². The summed E-state index contributed by atoms with van der Waals surface area (Å²) in [7, 11) is 0. The van der Waals surface area contributed by atoms with Gasteiger partial charge in [-0.15, -0.1) is 0 Å². The SMILES string of the molecule is CCC(O)(CC)CN1Cc2ccccc2C[C@H]1C(=O)O. The molecule has 110 valence electrons. The van der Waals surface area contributed by atoms with Crippen LogP contribution in [0.2, 0.25) is 0 Å². The molecule has 1 aliphatic rings. The first-order valence-corrected chi connectivity index (χ1v) is 7.25. The lowest BCUT2D eigenvalue weighted by molar-refractivity contribution is -0.145. The number of aliphatic carboxylic acids is 1. The van der Waals surface area contributed by atoms with Crippen molar-refractivity contribution in [1.82, 2.24) is 4.90 Å². The largest absolute Gasteiger partial charge is 0.480 e. The first kappa shape index (κ1) is 15.0. The van der Waals surface area contributed by atoms with E-state index in [4.69, 9.17) is 0 Å². The van der Waals surface area contributed by atoms with E-state index in [0.29, 0.717) is 32.4 Å². The van der Waals surface area contributed by atoms with E-state index in [1.807, 2.05) is 43.0 Å². The summed E-state index contributed by atoms with van der Waals surface area (Å²) >= 11 is 0. The molecular weight excluding hydrogens is 254 g/mol.